The third-order valence-corrected chi connectivity index (χ3v) is 6.16. The summed E-state index contributed by atoms with van der Waals surface area (Å²) >= 11 is 0. The number of aromatic nitrogens is 5. The molecule has 0 aliphatic heterocycles. The number of rotatable bonds is 6. The number of hydrogen-bond donors (Lipinski definition) is 1. The number of hydrogen-bond acceptors (Lipinski definition) is 3. The molecule has 3 aromatic rings. The molecule has 1 saturated carbocycles. The van der Waals surface area contributed by atoms with E-state index in [-0.39, 0.29) is 0 Å². The summed E-state index contributed by atoms with van der Waals surface area (Å²) < 4.78 is 2.14. The van der Waals surface area contributed by atoms with Crippen LogP contribution in [-0.2, 0) is 19.3 Å². The Kier molecular flexibility index (Phi) is 5.60. The largest absolute Gasteiger partial charge is 0.283 e. The maximum absolute atomic E-state index is 5.08. The van der Waals surface area contributed by atoms with Gasteiger partial charge in [0.15, 0.2) is 5.82 Å². The summed E-state index contributed by atoms with van der Waals surface area (Å²) in [5.41, 5.74) is 4.95. The van der Waals surface area contributed by atoms with E-state index in [1.165, 1.54) is 42.5 Å². The highest BCUT2D eigenvalue weighted by atomic mass is 15.4. The summed E-state index contributed by atoms with van der Waals surface area (Å²) in [7, 11) is 0. The van der Waals surface area contributed by atoms with Gasteiger partial charge in [-0.05, 0) is 55.7 Å². The predicted octanol–water partition coefficient (Wildman–Crippen LogP) is 4.94. The number of aryl methyl sites for hydroxylation is 4. The fourth-order valence-electron chi connectivity index (χ4n) is 4.37. The molecule has 1 aliphatic rings. The van der Waals surface area contributed by atoms with Gasteiger partial charge >= 0.3 is 0 Å². The molecule has 1 fully saturated rings. The molecule has 28 heavy (non-hydrogen) atoms. The van der Waals surface area contributed by atoms with E-state index in [2.05, 4.69) is 53.8 Å². The van der Waals surface area contributed by atoms with E-state index in [9.17, 15) is 0 Å². The van der Waals surface area contributed by atoms with Crippen LogP contribution in [0, 0.1) is 12.8 Å². The van der Waals surface area contributed by atoms with Gasteiger partial charge in [-0.25, -0.2) is 9.67 Å². The molecule has 0 atom stereocenters. The van der Waals surface area contributed by atoms with Crippen molar-refractivity contribution in [3.8, 4) is 5.69 Å². The second-order valence-corrected chi connectivity index (χ2v) is 8.27. The first-order valence-electron chi connectivity index (χ1n) is 10.7. The van der Waals surface area contributed by atoms with Gasteiger partial charge in [0, 0.05) is 24.2 Å². The van der Waals surface area contributed by atoms with Gasteiger partial charge in [0.05, 0.1) is 5.69 Å². The van der Waals surface area contributed by atoms with Crippen LogP contribution in [0.3, 0.4) is 0 Å². The van der Waals surface area contributed by atoms with Crippen LogP contribution in [0.5, 0.6) is 0 Å². The Morgan fingerprint density at radius 1 is 1.11 bits per heavy atom. The number of nitrogens with zero attached hydrogens (tertiary/aromatic N) is 4. The Morgan fingerprint density at radius 2 is 1.93 bits per heavy atom. The van der Waals surface area contributed by atoms with Crippen molar-refractivity contribution in [1.82, 2.24) is 25.0 Å². The number of nitrogens with one attached hydrogen (secondary N) is 1. The van der Waals surface area contributed by atoms with Crippen molar-refractivity contribution in [1.29, 1.82) is 0 Å². The highest BCUT2D eigenvalue weighted by molar-refractivity contribution is 5.47. The monoisotopic (exact) mass is 377 g/mol. The molecule has 0 radical (unpaired) electrons. The molecule has 5 heteroatoms. The van der Waals surface area contributed by atoms with Crippen molar-refractivity contribution in [2.45, 2.75) is 71.6 Å². The lowest BCUT2D eigenvalue weighted by atomic mass is 9.83. The minimum Gasteiger partial charge on any atom is -0.283 e. The van der Waals surface area contributed by atoms with E-state index in [4.69, 9.17) is 10.1 Å². The standard InChI is InChI=1S/C23H31N5/c1-4-18-7-5-6-17(3)22(18)28-21(13-12-20-14-15-24-26-20)25-23(27-28)19-10-8-16(2)9-11-19/h5-7,14-16,19H,4,8-13H2,1-3H3,(H,24,26). The highest BCUT2D eigenvalue weighted by Gasteiger charge is 2.25. The first-order chi connectivity index (χ1) is 13.7. The molecule has 0 bridgehead atoms. The maximum Gasteiger partial charge on any atom is 0.154 e. The van der Waals surface area contributed by atoms with Crippen LogP contribution >= 0.6 is 0 Å². The van der Waals surface area contributed by atoms with E-state index in [1.54, 1.807) is 0 Å². The number of H-pyrrole nitrogens is 1. The number of para-hydroxylation sites is 1. The summed E-state index contributed by atoms with van der Waals surface area (Å²) in [6.07, 6.45) is 9.54. The molecular formula is C23H31N5. The second kappa shape index (κ2) is 8.29. The van der Waals surface area contributed by atoms with E-state index >= 15 is 0 Å². The molecule has 0 unspecified atom stereocenters. The van der Waals surface area contributed by atoms with Crippen molar-refractivity contribution in [3.05, 3.63) is 58.9 Å². The van der Waals surface area contributed by atoms with Crippen LogP contribution in [0.2, 0.25) is 0 Å². The average molecular weight is 378 g/mol. The molecule has 0 amide bonds. The zero-order chi connectivity index (χ0) is 19.5. The Bertz CT molecular complexity index is 901. The smallest absolute Gasteiger partial charge is 0.154 e. The molecular weight excluding hydrogens is 346 g/mol. The van der Waals surface area contributed by atoms with Crippen LogP contribution in [-0.4, -0.2) is 25.0 Å². The zero-order valence-electron chi connectivity index (χ0n) is 17.3. The van der Waals surface area contributed by atoms with Gasteiger partial charge in [-0.15, -0.1) is 0 Å². The average Bonchev–Trinajstić information content (AvgIpc) is 3.36. The lowest BCUT2D eigenvalue weighted by Crippen LogP contribution is -2.12. The minimum atomic E-state index is 0.498. The van der Waals surface area contributed by atoms with Crippen molar-refractivity contribution in [2.24, 2.45) is 5.92 Å². The van der Waals surface area contributed by atoms with E-state index in [1.807, 2.05) is 12.3 Å². The second-order valence-electron chi connectivity index (χ2n) is 8.27. The summed E-state index contributed by atoms with van der Waals surface area (Å²) in [6.45, 7) is 6.75. The molecule has 1 N–H and O–H groups in total. The molecule has 1 aromatic carbocycles. The Hall–Kier alpha value is -2.43. The Morgan fingerprint density at radius 3 is 2.64 bits per heavy atom. The van der Waals surface area contributed by atoms with Gasteiger partial charge in [0.1, 0.15) is 5.82 Å². The van der Waals surface area contributed by atoms with Gasteiger partial charge in [0.25, 0.3) is 0 Å². The van der Waals surface area contributed by atoms with Gasteiger partial charge < -0.3 is 0 Å². The van der Waals surface area contributed by atoms with Crippen molar-refractivity contribution < 1.29 is 0 Å². The molecule has 2 aromatic heterocycles. The van der Waals surface area contributed by atoms with Crippen LogP contribution in [0.1, 0.15) is 73.9 Å². The van der Waals surface area contributed by atoms with Crippen LogP contribution in [0.25, 0.3) is 5.69 Å². The molecule has 0 spiro atoms. The molecule has 1 aliphatic carbocycles. The molecule has 4 rings (SSSR count). The Labute approximate surface area is 167 Å². The zero-order valence-corrected chi connectivity index (χ0v) is 17.3. The SMILES string of the molecule is CCc1cccc(C)c1-n1nc(C2CCC(C)CC2)nc1CCc1ccn[nH]1. The maximum atomic E-state index is 5.08. The third-order valence-electron chi connectivity index (χ3n) is 6.16. The first kappa shape index (κ1) is 18.9. The molecule has 0 saturated heterocycles. The van der Waals surface area contributed by atoms with E-state index in [0.29, 0.717) is 5.92 Å². The number of benzene rings is 1. The van der Waals surface area contributed by atoms with Gasteiger partial charge in [-0.2, -0.15) is 10.2 Å². The van der Waals surface area contributed by atoms with Crippen LogP contribution < -0.4 is 0 Å². The lowest BCUT2D eigenvalue weighted by molar-refractivity contribution is 0.339. The van der Waals surface area contributed by atoms with Crippen LogP contribution in [0.4, 0.5) is 0 Å². The van der Waals surface area contributed by atoms with Crippen LogP contribution in [0.15, 0.2) is 30.5 Å². The van der Waals surface area contributed by atoms with Gasteiger partial charge in [-0.1, -0.05) is 44.9 Å². The van der Waals surface area contributed by atoms with Crippen molar-refractivity contribution in [3.63, 3.8) is 0 Å². The third kappa shape index (κ3) is 3.89. The van der Waals surface area contributed by atoms with E-state index in [0.717, 1.165) is 42.5 Å². The molecule has 2 heterocycles. The summed E-state index contributed by atoms with van der Waals surface area (Å²) in [5, 5.41) is 12.2. The first-order valence-corrected chi connectivity index (χ1v) is 10.7. The molecule has 148 valence electrons. The predicted molar refractivity (Wildman–Crippen MR) is 112 cm³/mol. The van der Waals surface area contributed by atoms with E-state index < -0.39 is 0 Å². The lowest BCUT2D eigenvalue weighted by Gasteiger charge is -2.23. The highest BCUT2D eigenvalue weighted by Crippen LogP contribution is 2.34. The molecule has 5 nitrogen and oxygen atoms in total. The summed E-state index contributed by atoms with van der Waals surface area (Å²) in [6, 6.07) is 8.57. The van der Waals surface area contributed by atoms with Gasteiger partial charge in [0.2, 0.25) is 0 Å². The quantitative estimate of drug-likeness (QED) is 0.662. The topological polar surface area (TPSA) is 59.4 Å². The van der Waals surface area contributed by atoms with Crippen molar-refractivity contribution in [2.75, 3.05) is 0 Å². The summed E-state index contributed by atoms with van der Waals surface area (Å²) in [5.74, 6) is 3.43. The Balaban J connectivity index is 1.70. The minimum absolute atomic E-state index is 0.498. The fourth-order valence-corrected chi connectivity index (χ4v) is 4.37. The number of aromatic amines is 1. The van der Waals surface area contributed by atoms with Crippen molar-refractivity contribution >= 4 is 0 Å². The van der Waals surface area contributed by atoms with Gasteiger partial charge in [-0.3, -0.25) is 5.10 Å². The fraction of sp³-hybridized carbons (Fsp3) is 0.522. The summed E-state index contributed by atoms with van der Waals surface area (Å²) in [4.78, 5) is 5.07. The normalized spacial score (nSPS) is 19.8.